The summed E-state index contributed by atoms with van der Waals surface area (Å²) in [6.07, 6.45) is 0.730. The maximum Gasteiger partial charge on any atom is 0.142 e. The van der Waals surface area contributed by atoms with Crippen LogP contribution in [0.2, 0.25) is 0 Å². The molecule has 0 saturated carbocycles. The van der Waals surface area contributed by atoms with Crippen LogP contribution in [0.15, 0.2) is 11.6 Å². The molecule has 0 unspecified atom stereocenters. The van der Waals surface area contributed by atoms with Crippen LogP contribution in [0.25, 0.3) is 0 Å². The highest BCUT2D eigenvalue weighted by Crippen LogP contribution is 1.81. The van der Waals surface area contributed by atoms with Gasteiger partial charge in [0.2, 0.25) is 0 Å². The first-order chi connectivity index (χ1) is 5.19. The number of carbonyl (C=O) groups is 1. The lowest BCUT2D eigenvalue weighted by molar-refractivity contribution is -0.104. The molecule has 0 rings (SSSR count). The van der Waals surface area contributed by atoms with Gasteiger partial charge in [-0.25, -0.2) is 0 Å². The fourth-order valence-corrected chi connectivity index (χ4v) is 0.0680. The van der Waals surface area contributed by atoms with Crippen LogP contribution in [-0.4, -0.2) is 6.29 Å². The molecular weight excluding hydrogens is 76.1 g/mol. The van der Waals surface area contributed by atoms with Crippen molar-refractivity contribution in [2.75, 3.05) is 0 Å². The number of allylic oxidation sites excluding steroid dienone is 2. The molecule has 0 amide bonds. The maximum atomic E-state index is 9.93. The third-order valence-corrected chi connectivity index (χ3v) is 0.235. The molecule has 0 atom stereocenters. The fourth-order valence-electron chi connectivity index (χ4n) is 0.0680. The second-order valence-corrected chi connectivity index (χ2v) is 0.716. The molecule has 1 nitrogen and oxygen atoms in total. The SMILES string of the molecule is [2H]C([2H])([2H])C(=CC=O)C([2H])([2H])[2H]. The molecule has 0 N–H and O–H groups in total. The number of rotatable bonds is 1. The van der Waals surface area contributed by atoms with Crippen molar-refractivity contribution in [3.63, 3.8) is 0 Å². The molecule has 0 aliphatic heterocycles. The van der Waals surface area contributed by atoms with Gasteiger partial charge < -0.3 is 0 Å². The van der Waals surface area contributed by atoms with E-state index in [1.807, 2.05) is 0 Å². The Bertz CT molecular complexity index is 181. The lowest BCUT2D eigenvalue weighted by atomic mass is 10.3. The van der Waals surface area contributed by atoms with E-state index in [-0.39, 0.29) is 6.29 Å². The van der Waals surface area contributed by atoms with E-state index in [0.29, 0.717) is 6.08 Å². The van der Waals surface area contributed by atoms with Gasteiger partial charge in [-0.3, -0.25) is 4.79 Å². The Labute approximate surface area is 46.1 Å². The van der Waals surface area contributed by atoms with Gasteiger partial charge in [-0.05, 0) is 19.8 Å². The van der Waals surface area contributed by atoms with E-state index in [2.05, 4.69) is 0 Å². The van der Waals surface area contributed by atoms with Crippen LogP contribution in [0.4, 0.5) is 0 Å². The van der Waals surface area contributed by atoms with Crippen molar-refractivity contribution in [1.82, 2.24) is 0 Å². The molecule has 0 radical (unpaired) electrons. The van der Waals surface area contributed by atoms with Gasteiger partial charge in [-0.15, -0.1) is 0 Å². The van der Waals surface area contributed by atoms with E-state index in [1.165, 1.54) is 0 Å². The van der Waals surface area contributed by atoms with Crippen LogP contribution in [-0.2, 0) is 4.79 Å². The van der Waals surface area contributed by atoms with E-state index in [1.54, 1.807) is 0 Å². The van der Waals surface area contributed by atoms with Gasteiger partial charge in [0.1, 0.15) is 6.29 Å². The summed E-state index contributed by atoms with van der Waals surface area (Å²) in [4.78, 5) is 9.93. The topological polar surface area (TPSA) is 17.1 Å². The second kappa shape index (κ2) is 2.64. The standard InChI is InChI=1S/C5H8O/c1-5(2)3-4-6/h3-4H,1-2H3/i1D3,2D3. The quantitative estimate of drug-likeness (QED) is 0.348. The minimum Gasteiger partial charge on any atom is -0.299 e. The third-order valence-electron chi connectivity index (χ3n) is 0.235. The number of aldehydes is 1. The molecule has 0 aromatic heterocycles. The van der Waals surface area contributed by atoms with E-state index in [4.69, 9.17) is 8.22 Å². The van der Waals surface area contributed by atoms with E-state index < -0.39 is 19.3 Å². The maximum absolute atomic E-state index is 9.93. The van der Waals surface area contributed by atoms with Gasteiger partial charge in [0.15, 0.2) is 0 Å². The van der Waals surface area contributed by atoms with Gasteiger partial charge in [-0.2, -0.15) is 0 Å². The molecule has 0 heterocycles. The zero-order chi connectivity index (χ0) is 9.99. The van der Waals surface area contributed by atoms with Gasteiger partial charge in [0, 0.05) is 8.22 Å². The molecule has 0 aromatic rings. The van der Waals surface area contributed by atoms with Crippen molar-refractivity contribution in [3.05, 3.63) is 11.6 Å². The minimum absolute atomic E-state index is 0.161. The van der Waals surface area contributed by atoms with Gasteiger partial charge >= 0.3 is 0 Å². The Morgan fingerprint density at radius 1 is 1.83 bits per heavy atom. The summed E-state index contributed by atoms with van der Waals surface area (Å²) in [5, 5.41) is 0. The molecule has 0 saturated heterocycles. The largest absolute Gasteiger partial charge is 0.299 e. The average molecular weight is 90.2 g/mol. The molecule has 0 fully saturated rings. The van der Waals surface area contributed by atoms with E-state index in [0.717, 1.165) is 0 Å². The van der Waals surface area contributed by atoms with Crippen molar-refractivity contribution in [3.8, 4) is 0 Å². The fraction of sp³-hybridized carbons (Fsp3) is 0.400. The van der Waals surface area contributed by atoms with Gasteiger partial charge in [0.25, 0.3) is 0 Å². The predicted octanol–water partition coefficient (Wildman–Crippen LogP) is 1.15. The molecule has 0 aromatic carbocycles. The van der Waals surface area contributed by atoms with Crippen LogP contribution in [0.5, 0.6) is 0 Å². The lowest BCUT2D eigenvalue weighted by Crippen LogP contribution is -1.62. The lowest BCUT2D eigenvalue weighted by Gasteiger charge is -1.73. The van der Waals surface area contributed by atoms with E-state index in [9.17, 15) is 4.79 Å². The normalized spacial score (nSPS) is 26.0. The smallest absolute Gasteiger partial charge is 0.142 e. The summed E-state index contributed by atoms with van der Waals surface area (Å²) < 4.78 is 40.8. The molecule has 0 aliphatic carbocycles. The van der Waals surface area contributed by atoms with Crippen molar-refractivity contribution < 1.29 is 13.0 Å². The molecule has 0 spiro atoms. The number of hydrogen-bond donors (Lipinski definition) is 0. The summed E-state index contributed by atoms with van der Waals surface area (Å²) in [5.74, 6) is 0. The molecule has 1 heteroatoms. The van der Waals surface area contributed by atoms with E-state index >= 15 is 0 Å². The summed E-state index contributed by atoms with van der Waals surface area (Å²) in [7, 11) is 0. The van der Waals surface area contributed by atoms with Crippen molar-refractivity contribution >= 4 is 6.29 Å². The van der Waals surface area contributed by atoms with Crippen molar-refractivity contribution in [2.24, 2.45) is 0 Å². The predicted molar refractivity (Wildman–Crippen MR) is 25.5 cm³/mol. The molecule has 0 bridgehead atoms. The summed E-state index contributed by atoms with van der Waals surface area (Å²) in [6.45, 7) is -5.46. The first kappa shape index (κ1) is 0.971. The highest BCUT2D eigenvalue weighted by molar-refractivity contribution is 5.65. The number of hydrogen-bond acceptors (Lipinski definition) is 1. The number of carbonyl (C=O) groups excluding carboxylic acids is 1. The monoisotopic (exact) mass is 90.1 g/mol. The Kier molecular flexibility index (Phi) is 0.427. The minimum atomic E-state index is -2.73. The van der Waals surface area contributed by atoms with Crippen LogP contribution in [0.3, 0.4) is 0 Å². The third kappa shape index (κ3) is 3.41. The Morgan fingerprint density at radius 3 is 2.67 bits per heavy atom. The van der Waals surface area contributed by atoms with Crippen LogP contribution >= 0.6 is 0 Å². The molecule has 0 aliphatic rings. The van der Waals surface area contributed by atoms with Gasteiger partial charge in [-0.1, -0.05) is 5.57 Å². The molecular formula is C5H8O. The van der Waals surface area contributed by atoms with Crippen LogP contribution < -0.4 is 0 Å². The van der Waals surface area contributed by atoms with Crippen LogP contribution in [0.1, 0.15) is 21.9 Å². The average Bonchev–Trinajstić information content (AvgIpc) is 1.77. The Balaban J connectivity index is 4.95. The van der Waals surface area contributed by atoms with Crippen molar-refractivity contribution in [2.45, 2.75) is 13.7 Å². The zero-order valence-corrected chi connectivity index (χ0v) is 3.06. The van der Waals surface area contributed by atoms with Crippen molar-refractivity contribution in [1.29, 1.82) is 0 Å². The Hall–Kier alpha value is -0.590. The molecule has 34 valence electrons. The Morgan fingerprint density at radius 2 is 2.50 bits per heavy atom. The highest BCUT2D eigenvalue weighted by atomic mass is 16.1. The van der Waals surface area contributed by atoms with Gasteiger partial charge in [0.05, 0.1) is 0 Å². The summed E-state index contributed by atoms with van der Waals surface area (Å²) in [5.41, 5.74) is -0.801. The summed E-state index contributed by atoms with van der Waals surface area (Å²) in [6, 6.07) is 0. The van der Waals surface area contributed by atoms with Crippen LogP contribution in [0, 0.1) is 0 Å². The first-order valence-electron chi connectivity index (χ1n) is 4.36. The molecule has 6 heavy (non-hydrogen) atoms. The first-order valence-corrected chi connectivity index (χ1v) is 1.36. The second-order valence-electron chi connectivity index (χ2n) is 0.716. The zero-order valence-electron chi connectivity index (χ0n) is 9.06. The summed E-state index contributed by atoms with van der Waals surface area (Å²) >= 11 is 0. The highest BCUT2D eigenvalue weighted by Gasteiger charge is 1.66.